The first kappa shape index (κ1) is 19.4. The first-order valence-corrected chi connectivity index (χ1v) is 9.53. The zero-order valence-corrected chi connectivity index (χ0v) is 16.4. The van der Waals surface area contributed by atoms with E-state index < -0.39 is 5.60 Å². The minimum Gasteiger partial charge on any atom is -0.493 e. The normalized spacial score (nSPS) is 20.6. The van der Waals surface area contributed by atoms with Crippen molar-refractivity contribution in [2.75, 3.05) is 13.2 Å². The predicted octanol–water partition coefficient (Wildman–Crippen LogP) is 3.71. The molecule has 2 atom stereocenters. The Morgan fingerprint density at radius 1 is 1.37 bits per heavy atom. The SMILES string of the molecule is CCOc1ccccc1C(=O)N1C[C@H](c2cc(C(C)(C)O)on2)CC[C@H]1C. The van der Waals surface area contributed by atoms with Gasteiger partial charge in [0.2, 0.25) is 0 Å². The van der Waals surface area contributed by atoms with Gasteiger partial charge in [0.15, 0.2) is 5.76 Å². The van der Waals surface area contributed by atoms with Gasteiger partial charge in [0.25, 0.3) is 5.91 Å². The third-order valence-corrected chi connectivity index (χ3v) is 5.11. The molecule has 0 bridgehead atoms. The van der Waals surface area contributed by atoms with Crippen molar-refractivity contribution in [3.63, 3.8) is 0 Å². The first-order valence-electron chi connectivity index (χ1n) is 9.53. The lowest BCUT2D eigenvalue weighted by molar-refractivity contribution is 0.0474. The average Bonchev–Trinajstić information content (AvgIpc) is 3.13. The van der Waals surface area contributed by atoms with E-state index in [-0.39, 0.29) is 17.9 Å². The Morgan fingerprint density at radius 2 is 2.11 bits per heavy atom. The van der Waals surface area contributed by atoms with Gasteiger partial charge in [-0.1, -0.05) is 17.3 Å². The Hall–Kier alpha value is -2.34. The number of rotatable bonds is 5. The fraction of sp³-hybridized carbons (Fsp3) is 0.524. The van der Waals surface area contributed by atoms with Gasteiger partial charge in [-0.15, -0.1) is 0 Å². The molecule has 1 aliphatic heterocycles. The Balaban J connectivity index is 1.81. The molecule has 1 aliphatic rings. The smallest absolute Gasteiger partial charge is 0.257 e. The van der Waals surface area contributed by atoms with Crippen LogP contribution in [0.2, 0.25) is 0 Å². The molecule has 0 aliphatic carbocycles. The number of carbonyl (C=O) groups excluding carboxylic acids is 1. The minimum atomic E-state index is -1.07. The molecule has 0 unspecified atom stereocenters. The van der Waals surface area contributed by atoms with Crippen LogP contribution in [0.25, 0.3) is 0 Å². The molecule has 1 saturated heterocycles. The summed E-state index contributed by atoms with van der Waals surface area (Å²) in [6, 6.07) is 9.32. The highest BCUT2D eigenvalue weighted by Crippen LogP contribution is 2.33. The maximum atomic E-state index is 13.2. The number of likely N-dealkylation sites (tertiary alicyclic amines) is 1. The van der Waals surface area contributed by atoms with E-state index in [1.165, 1.54) is 0 Å². The van der Waals surface area contributed by atoms with E-state index >= 15 is 0 Å². The van der Waals surface area contributed by atoms with E-state index in [1.54, 1.807) is 19.9 Å². The highest BCUT2D eigenvalue weighted by atomic mass is 16.5. The minimum absolute atomic E-state index is 0.0255. The summed E-state index contributed by atoms with van der Waals surface area (Å²) < 4.78 is 11.0. The highest BCUT2D eigenvalue weighted by molar-refractivity contribution is 5.97. The van der Waals surface area contributed by atoms with E-state index in [1.807, 2.05) is 36.1 Å². The van der Waals surface area contributed by atoms with Crippen LogP contribution in [-0.2, 0) is 5.60 Å². The molecule has 1 N–H and O–H groups in total. The maximum absolute atomic E-state index is 13.2. The molecule has 146 valence electrons. The molecule has 1 amide bonds. The van der Waals surface area contributed by atoms with Crippen molar-refractivity contribution >= 4 is 5.91 Å². The van der Waals surface area contributed by atoms with Crippen LogP contribution in [0.5, 0.6) is 5.75 Å². The Kier molecular flexibility index (Phi) is 5.56. The molecular formula is C21H28N2O4. The molecule has 2 heterocycles. The van der Waals surface area contributed by atoms with Crippen LogP contribution in [0.1, 0.15) is 68.3 Å². The van der Waals surface area contributed by atoms with Crippen molar-refractivity contribution in [2.45, 2.75) is 58.1 Å². The molecule has 6 nitrogen and oxygen atoms in total. The predicted molar refractivity (Wildman–Crippen MR) is 102 cm³/mol. The number of amides is 1. The van der Waals surface area contributed by atoms with Gasteiger partial charge in [0, 0.05) is 24.6 Å². The van der Waals surface area contributed by atoms with Crippen molar-refractivity contribution < 1.29 is 19.2 Å². The summed E-state index contributed by atoms with van der Waals surface area (Å²) >= 11 is 0. The molecule has 27 heavy (non-hydrogen) atoms. The standard InChI is InChI=1S/C21H28N2O4/c1-5-26-18-9-7-6-8-16(18)20(24)23-13-15(11-10-14(23)2)17-12-19(27-22-17)21(3,4)25/h6-9,12,14-15,25H,5,10-11,13H2,1-4H3/t14-,15-/m1/s1. The fourth-order valence-corrected chi connectivity index (χ4v) is 3.48. The summed E-state index contributed by atoms with van der Waals surface area (Å²) in [6.07, 6.45) is 1.81. The van der Waals surface area contributed by atoms with Gasteiger partial charge in [-0.05, 0) is 52.7 Å². The number of carbonyl (C=O) groups is 1. The van der Waals surface area contributed by atoms with E-state index in [4.69, 9.17) is 9.26 Å². The largest absolute Gasteiger partial charge is 0.493 e. The van der Waals surface area contributed by atoms with E-state index in [9.17, 15) is 9.90 Å². The van der Waals surface area contributed by atoms with Crippen LogP contribution in [0.15, 0.2) is 34.9 Å². The molecule has 1 aromatic carbocycles. The molecule has 2 aromatic rings. The molecule has 3 rings (SSSR count). The van der Waals surface area contributed by atoms with Gasteiger partial charge in [-0.3, -0.25) is 4.79 Å². The first-order chi connectivity index (χ1) is 12.8. The molecule has 0 saturated carbocycles. The number of benzene rings is 1. The van der Waals surface area contributed by atoms with Crippen LogP contribution in [0.4, 0.5) is 0 Å². The van der Waals surface area contributed by atoms with Crippen molar-refractivity contribution in [3.05, 3.63) is 47.3 Å². The zero-order valence-electron chi connectivity index (χ0n) is 16.4. The number of hydrogen-bond acceptors (Lipinski definition) is 5. The fourth-order valence-electron chi connectivity index (χ4n) is 3.48. The van der Waals surface area contributed by atoms with Crippen molar-refractivity contribution in [3.8, 4) is 5.75 Å². The van der Waals surface area contributed by atoms with Gasteiger partial charge in [0.1, 0.15) is 11.4 Å². The number of aliphatic hydroxyl groups is 1. The summed E-state index contributed by atoms with van der Waals surface area (Å²) in [5.41, 5.74) is 0.304. The summed E-state index contributed by atoms with van der Waals surface area (Å²) in [5, 5.41) is 14.2. The number of hydrogen-bond donors (Lipinski definition) is 1. The Morgan fingerprint density at radius 3 is 2.78 bits per heavy atom. The van der Waals surface area contributed by atoms with Crippen molar-refractivity contribution in [1.29, 1.82) is 0 Å². The number of para-hydroxylation sites is 1. The van der Waals surface area contributed by atoms with E-state index in [2.05, 4.69) is 12.1 Å². The van der Waals surface area contributed by atoms with Crippen LogP contribution >= 0.6 is 0 Å². The van der Waals surface area contributed by atoms with E-state index in [0.717, 1.165) is 18.5 Å². The number of piperidine rings is 1. The van der Waals surface area contributed by atoms with Crippen LogP contribution in [-0.4, -0.2) is 40.3 Å². The monoisotopic (exact) mass is 372 g/mol. The second-order valence-corrected chi connectivity index (χ2v) is 7.69. The number of aromatic nitrogens is 1. The van der Waals surface area contributed by atoms with Crippen LogP contribution in [0.3, 0.4) is 0 Å². The summed E-state index contributed by atoms with van der Waals surface area (Å²) in [4.78, 5) is 15.1. The van der Waals surface area contributed by atoms with E-state index in [0.29, 0.717) is 30.2 Å². The molecule has 1 fully saturated rings. The highest BCUT2D eigenvalue weighted by Gasteiger charge is 2.34. The summed E-state index contributed by atoms with van der Waals surface area (Å²) in [6.45, 7) is 8.40. The molecule has 1 aromatic heterocycles. The second kappa shape index (κ2) is 7.72. The quantitative estimate of drug-likeness (QED) is 0.866. The second-order valence-electron chi connectivity index (χ2n) is 7.69. The molecule has 6 heteroatoms. The molecule has 0 spiro atoms. The Bertz CT molecular complexity index is 793. The third kappa shape index (κ3) is 4.16. The maximum Gasteiger partial charge on any atom is 0.257 e. The van der Waals surface area contributed by atoms with Gasteiger partial charge in [-0.25, -0.2) is 0 Å². The Labute approximate surface area is 160 Å². The van der Waals surface area contributed by atoms with Crippen molar-refractivity contribution in [2.24, 2.45) is 0 Å². The lowest BCUT2D eigenvalue weighted by Gasteiger charge is -2.37. The number of ether oxygens (including phenoxy) is 1. The van der Waals surface area contributed by atoms with Gasteiger partial charge >= 0.3 is 0 Å². The van der Waals surface area contributed by atoms with Gasteiger partial charge < -0.3 is 19.3 Å². The molecule has 0 radical (unpaired) electrons. The molecular weight excluding hydrogens is 344 g/mol. The lowest BCUT2D eigenvalue weighted by atomic mass is 9.89. The van der Waals surface area contributed by atoms with Gasteiger partial charge in [0.05, 0.1) is 17.9 Å². The summed E-state index contributed by atoms with van der Waals surface area (Å²) in [5.74, 6) is 1.12. The van der Waals surface area contributed by atoms with Crippen LogP contribution < -0.4 is 4.74 Å². The third-order valence-electron chi connectivity index (χ3n) is 5.11. The number of nitrogens with zero attached hydrogens (tertiary/aromatic N) is 2. The average molecular weight is 372 g/mol. The van der Waals surface area contributed by atoms with Crippen molar-refractivity contribution in [1.82, 2.24) is 10.1 Å². The summed E-state index contributed by atoms with van der Waals surface area (Å²) in [7, 11) is 0. The van der Waals surface area contributed by atoms with Crippen LogP contribution in [0, 0.1) is 0 Å². The van der Waals surface area contributed by atoms with Gasteiger partial charge in [-0.2, -0.15) is 0 Å². The topological polar surface area (TPSA) is 75.8 Å². The lowest BCUT2D eigenvalue weighted by Crippen LogP contribution is -2.45. The zero-order chi connectivity index (χ0) is 19.6.